The summed E-state index contributed by atoms with van der Waals surface area (Å²) in [4.78, 5) is 22.5. The van der Waals surface area contributed by atoms with E-state index in [9.17, 15) is 9.59 Å². The molecule has 0 amide bonds. The summed E-state index contributed by atoms with van der Waals surface area (Å²) in [7, 11) is 0. The molecule has 2 aliphatic rings. The summed E-state index contributed by atoms with van der Waals surface area (Å²) in [5.74, 6) is -0.615. The predicted molar refractivity (Wildman–Crippen MR) is 51.9 cm³/mol. The first kappa shape index (κ1) is 10.2. The quantitative estimate of drug-likeness (QED) is 0.507. The lowest BCUT2D eigenvalue weighted by molar-refractivity contribution is -0.157. The van der Waals surface area contributed by atoms with Crippen LogP contribution in [0.1, 0.15) is 26.2 Å². The Hall–Kier alpha value is -1.32. The van der Waals surface area contributed by atoms with Crippen LogP contribution >= 0.6 is 0 Å². The second-order valence-electron chi connectivity index (χ2n) is 4.43. The summed E-state index contributed by atoms with van der Waals surface area (Å²) >= 11 is 0. The standard InChI is InChI=1S/C11H14O4/c1-3-9(12)14-7-4-5-11(2)6-8(7)15-10(11)13/h3,7-8H,1,4-6H2,2H3. The molecular formula is C11H14O4. The van der Waals surface area contributed by atoms with E-state index in [1.807, 2.05) is 6.92 Å². The first-order valence-electron chi connectivity index (χ1n) is 5.09. The Morgan fingerprint density at radius 1 is 1.73 bits per heavy atom. The summed E-state index contributed by atoms with van der Waals surface area (Å²) in [6.07, 6.45) is 2.63. The SMILES string of the molecule is C=CC(=O)OC1CCC2(C)CC1OC2=O. The van der Waals surface area contributed by atoms with Gasteiger partial charge in [-0.3, -0.25) is 4.79 Å². The van der Waals surface area contributed by atoms with E-state index in [1.54, 1.807) is 0 Å². The monoisotopic (exact) mass is 210 g/mol. The van der Waals surface area contributed by atoms with Gasteiger partial charge in [-0.05, 0) is 19.8 Å². The zero-order valence-corrected chi connectivity index (χ0v) is 8.69. The lowest BCUT2D eigenvalue weighted by atomic mass is 9.76. The fourth-order valence-electron chi connectivity index (χ4n) is 2.24. The third-order valence-electron chi connectivity index (χ3n) is 3.23. The summed E-state index contributed by atoms with van der Waals surface area (Å²) in [5, 5.41) is 0. The molecule has 1 aliphatic heterocycles. The molecule has 1 heterocycles. The maximum Gasteiger partial charge on any atom is 0.330 e. The Morgan fingerprint density at radius 3 is 3.13 bits per heavy atom. The summed E-state index contributed by atoms with van der Waals surface area (Å²) in [6.45, 7) is 5.24. The number of hydrogen-bond donors (Lipinski definition) is 0. The van der Waals surface area contributed by atoms with Gasteiger partial charge in [-0.15, -0.1) is 0 Å². The first-order valence-corrected chi connectivity index (χ1v) is 5.09. The summed E-state index contributed by atoms with van der Waals surface area (Å²) in [5.41, 5.74) is -0.359. The normalized spacial score (nSPS) is 38.3. The molecule has 3 atom stereocenters. The van der Waals surface area contributed by atoms with Gasteiger partial charge in [0, 0.05) is 12.5 Å². The number of fused-ring (bicyclic) bond motifs is 2. The fraction of sp³-hybridized carbons (Fsp3) is 0.636. The van der Waals surface area contributed by atoms with Crippen molar-refractivity contribution in [3.8, 4) is 0 Å². The molecular weight excluding hydrogens is 196 g/mol. The topological polar surface area (TPSA) is 52.6 Å². The van der Waals surface area contributed by atoms with Gasteiger partial charge in [0.15, 0.2) is 0 Å². The highest BCUT2D eigenvalue weighted by atomic mass is 16.6. The highest BCUT2D eigenvalue weighted by molar-refractivity contribution is 5.82. The number of hydrogen-bond acceptors (Lipinski definition) is 4. The zero-order valence-electron chi connectivity index (χ0n) is 8.69. The number of carbonyl (C=O) groups is 2. The van der Waals surface area contributed by atoms with Gasteiger partial charge in [0.05, 0.1) is 5.41 Å². The molecule has 1 saturated carbocycles. The lowest BCUT2D eigenvalue weighted by Crippen LogP contribution is -2.36. The van der Waals surface area contributed by atoms with Gasteiger partial charge in [-0.1, -0.05) is 6.58 Å². The van der Waals surface area contributed by atoms with Gasteiger partial charge in [0.25, 0.3) is 0 Å². The summed E-state index contributed by atoms with van der Waals surface area (Å²) < 4.78 is 10.3. The highest BCUT2D eigenvalue weighted by Gasteiger charge is 2.52. The third kappa shape index (κ3) is 1.64. The van der Waals surface area contributed by atoms with E-state index in [1.165, 1.54) is 0 Å². The maximum absolute atomic E-state index is 11.5. The van der Waals surface area contributed by atoms with Crippen LogP contribution in [0.4, 0.5) is 0 Å². The predicted octanol–water partition coefficient (Wildman–Crippen LogP) is 1.20. The number of ether oxygens (including phenoxy) is 2. The van der Waals surface area contributed by atoms with E-state index in [-0.39, 0.29) is 23.6 Å². The summed E-state index contributed by atoms with van der Waals surface area (Å²) in [6, 6.07) is 0. The van der Waals surface area contributed by atoms with E-state index in [2.05, 4.69) is 6.58 Å². The van der Waals surface area contributed by atoms with Gasteiger partial charge in [0.1, 0.15) is 12.2 Å². The van der Waals surface area contributed by atoms with Crippen molar-refractivity contribution in [2.75, 3.05) is 0 Å². The van der Waals surface area contributed by atoms with E-state index < -0.39 is 5.97 Å². The van der Waals surface area contributed by atoms with Gasteiger partial charge >= 0.3 is 11.9 Å². The molecule has 1 saturated heterocycles. The Balaban J connectivity index is 2.05. The van der Waals surface area contributed by atoms with Crippen molar-refractivity contribution < 1.29 is 19.1 Å². The second kappa shape index (κ2) is 3.36. The average Bonchev–Trinajstić information content (AvgIpc) is 2.44. The van der Waals surface area contributed by atoms with Crippen LogP contribution in [0, 0.1) is 5.41 Å². The average molecular weight is 210 g/mol. The van der Waals surface area contributed by atoms with Crippen LogP contribution in [-0.4, -0.2) is 24.1 Å². The second-order valence-corrected chi connectivity index (χ2v) is 4.43. The largest absolute Gasteiger partial charge is 0.458 e. The first-order chi connectivity index (χ1) is 7.05. The van der Waals surface area contributed by atoms with Gasteiger partial charge < -0.3 is 9.47 Å². The van der Waals surface area contributed by atoms with Crippen LogP contribution in [0.25, 0.3) is 0 Å². The minimum Gasteiger partial charge on any atom is -0.458 e. The van der Waals surface area contributed by atoms with Crippen LogP contribution in [0.15, 0.2) is 12.7 Å². The van der Waals surface area contributed by atoms with Crippen LogP contribution < -0.4 is 0 Å². The molecule has 4 heteroatoms. The lowest BCUT2D eigenvalue weighted by Gasteiger charge is -2.29. The van der Waals surface area contributed by atoms with E-state index in [0.29, 0.717) is 12.8 Å². The minimum absolute atomic E-state index is 0.162. The molecule has 0 radical (unpaired) electrons. The van der Waals surface area contributed by atoms with Crippen LogP contribution in [0.2, 0.25) is 0 Å². The Morgan fingerprint density at radius 2 is 2.47 bits per heavy atom. The van der Waals surface area contributed by atoms with Crippen molar-refractivity contribution in [1.29, 1.82) is 0 Å². The van der Waals surface area contributed by atoms with Gasteiger partial charge in [-0.25, -0.2) is 4.79 Å². The molecule has 3 unspecified atom stereocenters. The van der Waals surface area contributed by atoms with Crippen molar-refractivity contribution >= 4 is 11.9 Å². The number of carbonyl (C=O) groups excluding carboxylic acids is 2. The van der Waals surface area contributed by atoms with Gasteiger partial charge in [-0.2, -0.15) is 0 Å². The molecule has 1 aliphatic carbocycles. The molecule has 2 rings (SSSR count). The van der Waals surface area contributed by atoms with Crippen molar-refractivity contribution in [2.24, 2.45) is 5.41 Å². The molecule has 0 N–H and O–H groups in total. The molecule has 82 valence electrons. The van der Waals surface area contributed by atoms with Crippen molar-refractivity contribution in [2.45, 2.75) is 38.4 Å². The highest BCUT2D eigenvalue weighted by Crippen LogP contribution is 2.45. The fourth-order valence-corrected chi connectivity index (χ4v) is 2.24. The zero-order chi connectivity index (χ0) is 11.1. The molecule has 15 heavy (non-hydrogen) atoms. The van der Waals surface area contributed by atoms with Crippen LogP contribution in [-0.2, 0) is 19.1 Å². The van der Waals surface area contributed by atoms with Crippen molar-refractivity contribution in [1.82, 2.24) is 0 Å². The number of rotatable bonds is 2. The Kier molecular flexibility index (Phi) is 2.29. The number of esters is 2. The van der Waals surface area contributed by atoms with Crippen molar-refractivity contribution in [3.63, 3.8) is 0 Å². The van der Waals surface area contributed by atoms with E-state index in [4.69, 9.17) is 9.47 Å². The smallest absolute Gasteiger partial charge is 0.330 e. The molecule has 2 bridgehead atoms. The van der Waals surface area contributed by atoms with Gasteiger partial charge in [0.2, 0.25) is 0 Å². The molecule has 4 nitrogen and oxygen atoms in total. The third-order valence-corrected chi connectivity index (χ3v) is 3.23. The minimum atomic E-state index is -0.452. The van der Waals surface area contributed by atoms with Crippen LogP contribution in [0.3, 0.4) is 0 Å². The van der Waals surface area contributed by atoms with E-state index >= 15 is 0 Å². The molecule has 0 aromatic rings. The molecule has 0 aromatic heterocycles. The molecule has 0 aromatic carbocycles. The Labute approximate surface area is 88.2 Å². The van der Waals surface area contributed by atoms with E-state index in [0.717, 1.165) is 12.5 Å². The van der Waals surface area contributed by atoms with Crippen molar-refractivity contribution in [3.05, 3.63) is 12.7 Å². The van der Waals surface area contributed by atoms with Crippen LogP contribution in [0.5, 0.6) is 0 Å². The molecule has 0 spiro atoms. The Bertz CT molecular complexity index is 323. The maximum atomic E-state index is 11.5. The molecule has 2 fully saturated rings.